The molecule has 4 aromatic rings. The number of carbonyl (C=O) groups is 2. The van der Waals surface area contributed by atoms with E-state index >= 15 is 0 Å². The lowest BCUT2D eigenvalue weighted by atomic mass is 9.90. The summed E-state index contributed by atoms with van der Waals surface area (Å²) in [5.41, 5.74) is 10.1. The van der Waals surface area contributed by atoms with Crippen LogP contribution < -0.4 is 21.7 Å². The topological polar surface area (TPSA) is 152 Å². The van der Waals surface area contributed by atoms with E-state index < -0.39 is 17.0 Å². The van der Waals surface area contributed by atoms with Crippen LogP contribution in [0, 0.1) is 10.1 Å². The Morgan fingerprint density at radius 1 is 0.767 bits per heavy atom. The summed E-state index contributed by atoms with van der Waals surface area (Å²) in [5.74, 6) is -1.62. The van der Waals surface area contributed by atoms with E-state index in [1.807, 2.05) is 115 Å². The van der Waals surface area contributed by atoms with Crippen molar-refractivity contribution in [2.45, 2.75) is 31.3 Å². The number of nitrogens with one attached hydrogen (secondary N) is 3. The Balaban J connectivity index is 1.52. The lowest BCUT2D eigenvalue weighted by Crippen LogP contribution is -2.48. The van der Waals surface area contributed by atoms with Crippen molar-refractivity contribution in [2.75, 3.05) is 6.54 Å². The highest BCUT2D eigenvalue weighted by Crippen LogP contribution is 2.26. The fourth-order valence-electron chi connectivity index (χ4n) is 4.84. The molecule has 0 aliphatic heterocycles. The monoisotopic (exact) mass is 578 g/mol. The first kappa shape index (κ1) is 30.4. The Kier molecular flexibility index (Phi) is 11.0. The van der Waals surface area contributed by atoms with Gasteiger partial charge in [0.1, 0.15) is 11.1 Å². The van der Waals surface area contributed by atoms with E-state index in [0.717, 1.165) is 27.8 Å². The molecule has 0 bridgehead atoms. The zero-order valence-corrected chi connectivity index (χ0v) is 23.6. The van der Waals surface area contributed by atoms with Gasteiger partial charge >= 0.3 is 0 Å². The van der Waals surface area contributed by atoms with Crippen molar-refractivity contribution in [1.29, 1.82) is 0 Å². The van der Waals surface area contributed by atoms with Crippen molar-refractivity contribution in [3.63, 3.8) is 0 Å². The molecule has 4 rings (SSSR count). The maximum absolute atomic E-state index is 13.8. The van der Waals surface area contributed by atoms with Crippen LogP contribution in [0.1, 0.15) is 35.4 Å². The maximum atomic E-state index is 13.8. The number of nitrogens with two attached hydrogens (primary N) is 1. The molecular formula is C33H34N6O4. The number of hydrazone groups is 1. The van der Waals surface area contributed by atoms with E-state index in [4.69, 9.17) is 5.73 Å². The molecule has 0 aromatic heterocycles. The quantitative estimate of drug-likeness (QED) is 0.0615. The van der Waals surface area contributed by atoms with Crippen molar-refractivity contribution in [2.24, 2.45) is 10.8 Å². The number of carbonyl (C=O) groups excluding carboxylic acids is 2. The molecule has 5 N–H and O–H groups in total. The smallest absolute Gasteiger partial charge is 0.266 e. The second kappa shape index (κ2) is 15.5. The summed E-state index contributed by atoms with van der Waals surface area (Å²) in [4.78, 5) is 38.0. The number of rotatable bonds is 13. The van der Waals surface area contributed by atoms with E-state index in [9.17, 15) is 19.7 Å². The molecule has 0 fully saturated rings. The molecule has 0 saturated carbocycles. The minimum atomic E-state index is -0.889. The molecule has 0 spiro atoms. The van der Waals surface area contributed by atoms with Gasteiger partial charge in [-0.1, -0.05) is 115 Å². The molecule has 4 aromatic carbocycles. The van der Waals surface area contributed by atoms with E-state index in [2.05, 4.69) is 21.1 Å². The first-order valence-electron chi connectivity index (χ1n) is 14.0. The summed E-state index contributed by atoms with van der Waals surface area (Å²) >= 11 is 0. The lowest BCUT2D eigenvalue weighted by Gasteiger charge is -2.23. The Bertz CT molecular complexity index is 1490. The summed E-state index contributed by atoms with van der Waals surface area (Å²) in [6, 6.07) is 35.6. The van der Waals surface area contributed by atoms with Crippen molar-refractivity contribution in [3.05, 3.63) is 142 Å². The van der Waals surface area contributed by atoms with Gasteiger partial charge in [-0.3, -0.25) is 9.59 Å². The zero-order valence-electron chi connectivity index (χ0n) is 23.6. The number of hydrogen-bond acceptors (Lipinski definition) is 4. The highest BCUT2D eigenvalue weighted by Gasteiger charge is 2.28. The molecule has 0 unspecified atom stereocenters. The van der Waals surface area contributed by atoms with E-state index in [-0.39, 0.29) is 37.3 Å². The molecule has 0 aliphatic carbocycles. The fraction of sp³-hybridized carbons (Fsp3) is 0.182. The van der Waals surface area contributed by atoms with Crippen LogP contribution in [0.2, 0.25) is 0 Å². The summed E-state index contributed by atoms with van der Waals surface area (Å²) in [6.45, 7) is 0.484. The van der Waals surface area contributed by atoms with Gasteiger partial charge in [0, 0.05) is 13.1 Å². The third-order valence-electron chi connectivity index (χ3n) is 6.88. The average molecular weight is 579 g/mol. The van der Waals surface area contributed by atoms with E-state index in [0.29, 0.717) is 6.42 Å². The van der Waals surface area contributed by atoms with Gasteiger partial charge in [-0.25, -0.2) is 10.1 Å². The van der Waals surface area contributed by atoms with Gasteiger partial charge in [0.2, 0.25) is 11.8 Å². The van der Waals surface area contributed by atoms with Gasteiger partial charge in [-0.2, -0.15) is 0 Å². The number of hydrogen-bond donors (Lipinski definition) is 4. The largest absolute Gasteiger partial charge is 0.365 e. The predicted molar refractivity (Wildman–Crippen MR) is 166 cm³/mol. The molecule has 0 aliphatic rings. The minimum absolute atomic E-state index is 0.223. The molecule has 0 saturated heterocycles. The number of benzene rings is 4. The van der Waals surface area contributed by atoms with Crippen LogP contribution in [0.3, 0.4) is 0 Å². The molecule has 0 radical (unpaired) electrons. The van der Waals surface area contributed by atoms with Gasteiger partial charge in [-0.05, 0) is 40.7 Å². The Morgan fingerprint density at radius 3 is 1.93 bits per heavy atom. The average Bonchev–Trinajstić information content (AvgIpc) is 3.02. The third-order valence-corrected chi connectivity index (χ3v) is 6.88. The summed E-state index contributed by atoms with van der Waals surface area (Å²) in [7, 11) is 0. The zero-order chi connectivity index (χ0) is 30.4. The molecule has 10 heteroatoms. The highest BCUT2D eigenvalue weighted by molar-refractivity contribution is 5.92. The molecule has 43 heavy (non-hydrogen) atoms. The standard InChI is InChI=1S/C33H34N6O4/c34-33(38-39(42)43)35-22-12-21-29(31(40)36-23-27-19-10-11-20-28(27)24-13-4-1-5-14-24)37-32(41)30(25-15-6-2-7-16-25)26-17-8-3-9-18-26/h1-11,13-20,29-30H,12,21-23H2,(H,36,40)(H,37,41)(H3,34,35,38)/t29-/m0/s1. The highest BCUT2D eigenvalue weighted by atomic mass is 16.7. The third kappa shape index (κ3) is 8.99. The van der Waals surface area contributed by atoms with E-state index in [1.165, 1.54) is 0 Å². The molecule has 2 amide bonds. The number of nitrogens with zero attached hydrogens (tertiary/aromatic N) is 2. The summed E-state index contributed by atoms with van der Waals surface area (Å²) in [6.07, 6.45) is 0.640. The first-order chi connectivity index (χ1) is 20.9. The maximum Gasteiger partial charge on any atom is 0.266 e. The first-order valence-corrected chi connectivity index (χ1v) is 14.0. The second-order valence-corrected chi connectivity index (χ2v) is 9.85. The van der Waals surface area contributed by atoms with Gasteiger partial charge in [0.15, 0.2) is 5.03 Å². The fourth-order valence-corrected chi connectivity index (χ4v) is 4.84. The van der Waals surface area contributed by atoms with Crippen LogP contribution in [0.4, 0.5) is 0 Å². The number of amides is 2. The summed E-state index contributed by atoms with van der Waals surface area (Å²) in [5, 5.41) is 21.3. The second-order valence-electron chi connectivity index (χ2n) is 9.85. The summed E-state index contributed by atoms with van der Waals surface area (Å²) < 4.78 is 0. The molecular weight excluding hydrogens is 544 g/mol. The van der Waals surface area contributed by atoms with Crippen LogP contribution >= 0.6 is 0 Å². The van der Waals surface area contributed by atoms with Gasteiger partial charge in [0.05, 0.1) is 5.92 Å². The predicted octanol–water partition coefficient (Wildman–Crippen LogP) is 4.16. The lowest BCUT2D eigenvalue weighted by molar-refractivity contribution is -0.485. The number of nitro groups is 1. The van der Waals surface area contributed by atoms with Crippen molar-refractivity contribution >= 4 is 17.8 Å². The molecule has 0 heterocycles. The molecule has 10 nitrogen and oxygen atoms in total. The normalized spacial score (nSPS) is 11.9. The van der Waals surface area contributed by atoms with Crippen LogP contribution in [0.15, 0.2) is 120 Å². The Labute approximate surface area is 250 Å². The molecule has 220 valence electrons. The van der Waals surface area contributed by atoms with Crippen LogP contribution in [0.5, 0.6) is 0 Å². The Hall–Kier alpha value is -5.51. The van der Waals surface area contributed by atoms with Crippen LogP contribution in [-0.2, 0) is 16.1 Å². The van der Waals surface area contributed by atoms with Crippen LogP contribution in [0.25, 0.3) is 11.1 Å². The number of guanidine groups is 1. The van der Waals surface area contributed by atoms with Gasteiger partial charge < -0.3 is 21.7 Å². The SMILES string of the molecule is NC(=N[N+](=O)[O-])NCCC[C@H](NC(=O)C(c1ccccc1)c1ccccc1)C(=O)NCc1ccccc1-c1ccccc1. The van der Waals surface area contributed by atoms with Crippen molar-refractivity contribution in [1.82, 2.24) is 16.0 Å². The Morgan fingerprint density at radius 2 is 1.33 bits per heavy atom. The van der Waals surface area contributed by atoms with Gasteiger partial charge in [-0.15, -0.1) is 0 Å². The van der Waals surface area contributed by atoms with Crippen molar-refractivity contribution < 1.29 is 14.6 Å². The van der Waals surface area contributed by atoms with Gasteiger partial charge in [0.25, 0.3) is 5.96 Å². The van der Waals surface area contributed by atoms with E-state index in [1.54, 1.807) is 0 Å². The van der Waals surface area contributed by atoms with Crippen LogP contribution in [-0.4, -0.2) is 35.4 Å². The molecule has 1 atom stereocenters. The van der Waals surface area contributed by atoms with Crippen molar-refractivity contribution in [3.8, 4) is 11.1 Å². The minimum Gasteiger partial charge on any atom is -0.365 e.